The summed E-state index contributed by atoms with van der Waals surface area (Å²) in [7, 11) is 0. The molecule has 2 nitrogen and oxygen atoms in total. The molecular weight excluding hydrogens is 193 g/mol. The first-order chi connectivity index (χ1) is 6.68. The predicted octanol–water partition coefficient (Wildman–Crippen LogP) is 2.44. The van der Waals surface area contributed by atoms with E-state index in [9.17, 15) is 13.2 Å². The molecule has 0 fully saturated rings. The van der Waals surface area contributed by atoms with Gasteiger partial charge in [0.15, 0.2) is 0 Å². The van der Waals surface area contributed by atoms with Gasteiger partial charge in [-0.25, -0.2) is 13.2 Å². The van der Waals surface area contributed by atoms with Gasteiger partial charge in [0.05, 0.1) is 6.20 Å². The number of halogens is 3. The number of rotatable bonds is 2. The summed E-state index contributed by atoms with van der Waals surface area (Å²) in [5, 5.41) is 4.23. The molecule has 0 spiro atoms. The predicted molar refractivity (Wildman–Crippen MR) is 45.7 cm³/mol. The second-order valence-corrected chi connectivity index (χ2v) is 2.90. The molecule has 0 saturated carbocycles. The van der Waals surface area contributed by atoms with Crippen LogP contribution >= 0.6 is 0 Å². The zero-order chi connectivity index (χ0) is 10.1. The molecule has 0 saturated heterocycles. The molecule has 1 aromatic heterocycles. The van der Waals surface area contributed by atoms with Crippen LogP contribution < -0.4 is 0 Å². The van der Waals surface area contributed by atoms with Crippen LogP contribution in [-0.4, -0.2) is 16.2 Å². The molecule has 0 atom stereocenters. The van der Waals surface area contributed by atoms with Gasteiger partial charge in [-0.3, -0.25) is 4.68 Å². The van der Waals surface area contributed by atoms with Crippen LogP contribution in [0, 0.1) is 5.82 Å². The Morgan fingerprint density at radius 3 is 2.86 bits per heavy atom. The lowest BCUT2D eigenvalue weighted by atomic mass is 10.2. The third-order valence-electron chi connectivity index (χ3n) is 1.92. The zero-order valence-electron chi connectivity index (χ0n) is 7.12. The van der Waals surface area contributed by atoms with E-state index in [1.165, 1.54) is 18.3 Å². The van der Waals surface area contributed by atoms with E-state index in [0.717, 1.165) is 4.68 Å². The van der Waals surface area contributed by atoms with Gasteiger partial charge < -0.3 is 0 Å². The molecule has 0 N–H and O–H groups in total. The Morgan fingerprint density at radius 1 is 1.36 bits per heavy atom. The molecule has 14 heavy (non-hydrogen) atoms. The number of aromatic nitrogens is 2. The normalized spacial score (nSPS) is 11.4. The van der Waals surface area contributed by atoms with Crippen molar-refractivity contribution >= 4 is 10.9 Å². The molecule has 2 aromatic rings. The molecule has 0 aliphatic carbocycles. The maximum Gasteiger partial charge on any atom is 0.257 e. The van der Waals surface area contributed by atoms with Crippen molar-refractivity contribution in [3.05, 3.63) is 30.2 Å². The highest BCUT2D eigenvalue weighted by Crippen LogP contribution is 2.17. The zero-order valence-corrected chi connectivity index (χ0v) is 7.12. The fourth-order valence-electron chi connectivity index (χ4n) is 1.37. The van der Waals surface area contributed by atoms with E-state index in [0.29, 0.717) is 5.39 Å². The number of benzene rings is 1. The molecule has 0 amide bonds. The minimum atomic E-state index is -2.53. The van der Waals surface area contributed by atoms with Crippen molar-refractivity contribution in [2.24, 2.45) is 0 Å². The first kappa shape index (κ1) is 9.05. The van der Waals surface area contributed by atoms with Crippen LogP contribution in [0.5, 0.6) is 0 Å². The third kappa shape index (κ3) is 1.45. The number of hydrogen-bond acceptors (Lipinski definition) is 1. The van der Waals surface area contributed by atoms with E-state index in [1.54, 1.807) is 6.07 Å². The van der Waals surface area contributed by atoms with Gasteiger partial charge in [-0.1, -0.05) is 12.1 Å². The van der Waals surface area contributed by atoms with Gasteiger partial charge in [0.2, 0.25) is 0 Å². The Morgan fingerprint density at radius 2 is 2.14 bits per heavy atom. The van der Waals surface area contributed by atoms with Crippen LogP contribution in [0.4, 0.5) is 13.2 Å². The second-order valence-electron chi connectivity index (χ2n) is 2.90. The van der Waals surface area contributed by atoms with Gasteiger partial charge in [-0.2, -0.15) is 5.10 Å². The van der Waals surface area contributed by atoms with Crippen LogP contribution in [0.3, 0.4) is 0 Å². The Bertz CT molecular complexity index is 450. The van der Waals surface area contributed by atoms with Crippen molar-refractivity contribution in [1.29, 1.82) is 0 Å². The highest BCUT2D eigenvalue weighted by Gasteiger charge is 2.11. The number of para-hydroxylation sites is 1. The van der Waals surface area contributed by atoms with Crippen molar-refractivity contribution in [3.8, 4) is 0 Å². The van der Waals surface area contributed by atoms with Crippen molar-refractivity contribution < 1.29 is 13.2 Å². The molecule has 74 valence electrons. The largest absolute Gasteiger partial charge is 0.257 e. The summed E-state index contributed by atoms with van der Waals surface area (Å²) in [5.74, 6) is -0.527. The van der Waals surface area contributed by atoms with E-state index < -0.39 is 18.8 Å². The molecule has 0 unspecified atom stereocenters. The Balaban J connectivity index is 2.55. The highest BCUT2D eigenvalue weighted by molar-refractivity contribution is 5.78. The van der Waals surface area contributed by atoms with Gasteiger partial charge >= 0.3 is 0 Å². The van der Waals surface area contributed by atoms with Crippen molar-refractivity contribution in [1.82, 2.24) is 9.78 Å². The first-order valence-corrected chi connectivity index (χ1v) is 4.06. The summed E-state index contributed by atoms with van der Waals surface area (Å²) in [6, 6.07) is 4.38. The Labute approximate surface area is 77.9 Å². The molecular formula is C9H7F3N2. The van der Waals surface area contributed by atoms with Crippen molar-refractivity contribution in [3.63, 3.8) is 0 Å². The molecule has 0 radical (unpaired) electrons. The fourth-order valence-corrected chi connectivity index (χ4v) is 1.37. The van der Waals surface area contributed by atoms with Gasteiger partial charge in [-0.05, 0) is 6.07 Å². The lowest BCUT2D eigenvalue weighted by Crippen LogP contribution is -2.08. The molecule has 0 bridgehead atoms. The Kier molecular flexibility index (Phi) is 2.15. The molecule has 2 rings (SSSR count). The summed E-state index contributed by atoms with van der Waals surface area (Å²) in [5.41, 5.74) is 0.132. The SMILES string of the molecule is Fc1cccc2cnn(CC(F)F)c12. The number of nitrogens with zero attached hydrogens (tertiary/aromatic N) is 2. The van der Waals surface area contributed by atoms with Crippen LogP contribution in [-0.2, 0) is 6.54 Å². The summed E-state index contributed by atoms with van der Waals surface area (Å²) in [4.78, 5) is 0. The lowest BCUT2D eigenvalue weighted by molar-refractivity contribution is 0.123. The van der Waals surface area contributed by atoms with E-state index in [1.807, 2.05) is 0 Å². The summed E-state index contributed by atoms with van der Waals surface area (Å²) in [6.07, 6.45) is -1.15. The molecule has 0 aliphatic rings. The molecule has 1 aromatic carbocycles. The van der Waals surface area contributed by atoms with Crippen LogP contribution in [0.15, 0.2) is 24.4 Å². The van der Waals surface area contributed by atoms with Gasteiger partial charge in [0, 0.05) is 5.39 Å². The quantitative estimate of drug-likeness (QED) is 0.728. The highest BCUT2D eigenvalue weighted by atomic mass is 19.3. The average Bonchev–Trinajstić information content (AvgIpc) is 2.49. The minimum absolute atomic E-state index is 0.132. The van der Waals surface area contributed by atoms with E-state index in [2.05, 4.69) is 5.10 Å². The summed E-state index contributed by atoms with van der Waals surface area (Å²) >= 11 is 0. The Hall–Kier alpha value is -1.52. The van der Waals surface area contributed by atoms with E-state index in [4.69, 9.17) is 0 Å². The number of hydrogen-bond donors (Lipinski definition) is 0. The maximum absolute atomic E-state index is 13.2. The lowest BCUT2D eigenvalue weighted by Gasteiger charge is -2.02. The monoisotopic (exact) mass is 200 g/mol. The van der Waals surface area contributed by atoms with Crippen molar-refractivity contribution in [2.45, 2.75) is 13.0 Å². The second kappa shape index (κ2) is 3.32. The summed E-state index contributed by atoms with van der Waals surface area (Å²) < 4.78 is 38.4. The number of fused-ring (bicyclic) bond motifs is 1. The van der Waals surface area contributed by atoms with Gasteiger partial charge in [-0.15, -0.1) is 0 Å². The topological polar surface area (TPSA) is 17.8 Å². The first-order valence-electron chi connectivity index (χ1n) is 4.06. The van der Waals surface area contributed by atoms with Crippen LogP contribution in [0.1, 0.15) is 0 Å². The smallest absolute Gasteiger partial charge is 0.256 e. The number of alkyl halides is 2. The molecule has 1 heterocycles. The third-order valence-corrected chi connectivity index (χ3v) is 1.92. The van der Waals surface area contributed by atoms with Gasteiger partial charge in [0.1, 0.15) is 17.9 Å². The van der Waals surface area contributed by atoms with E-state index in [-0.39, 0.29) is 5.52 Å². The average molecular weight is 200 g/mol. The summed E-state index contributed by atoms with van der Waals surface area (Å²) in [6.45, 7) is -0.579. The van der Waals surface area contributed by atoms with Crippen molar-refractivity contribution in [2.75, 3.05) is 0 Å². The fraction of sp³-hybridized carbons (Fsp3) is 0.222. The standard InChI is InChI=1S/C9H7F3N2/c10-7-3-1-2-6-4-13-14(9(6)7)5-8(11)12/h1-4,8H,5H2. The minimum Gasteiger partial charge on any atom is -0.256 e. The van der Waals surface area contributed by atoms with Crippen LogP contribution in [0.2, 0.25) is 0 Å². The van der Waals surface area contributed by atoms with E-state index >= 15 is 0 Å². The molecule has 0 aliphatic heterocycles. The maximum atomic E-state index is 13.2. The van der Waals surface area contributed by atoms with Gasteiger partial charge in [0.25, 0.3) is 6.43 Å². The molecule has 5 heteroatoms. The van der Waals surface area contributed by atoms with Crippen LogP contribution in [0.25, 0.3) is 10.9 Å².